The molecule has 3 nitrogen and oxygen atoms in total. The van der Waals surface area contributed by atoms with E-state index in [9.17, 15) is 0 Å². The fourth-order valence-corrected chi connectivity index (χ4v) is 1.83. The van der Waals surface area contributed by atoms with Crippen LogP contribution in [0.5, 0.6) is 5.75 Å². The van der Waals surface area contributed by atoms with Crippen molar-refractivity contribution in [1.29, 1.82) is 0 Å². The molecule has 17 heavy (non-hydrogen) atoms. The molecule has 0 aliphatic heterocycles. The van der Waals surface area contributed by atoms with Crippen molar-refractivity contribution in [3.05, 3.63) is 29.3 Å². The molecule has 0 aliphatic rings. The van der Waals surface area contributed by atoms with Crippen LogP contribution in [0.4, 0.5) is 0 Å². The Hall–Kier alpha value is -1.06. The molecule has 1 rings (SSSR count). The largest absolute Gasteiger partial charge is 0.492 e. The highest BCUT2D eigenvalue weighted by Gasteiger charge is 2.04. The first-order valence-corrected chi connectivity index (χ1v) is 6.20. The zero-order valence-electron chi connectivity index (χ0n) is 11.0. The van der Waals surface area contributed by atoms with Gasteiger partial charge < -0.3 is 15.2 Å². The molecule has 0 spiro atoms. The Kier molecular flexibility index (Phi) is 6.01. The molecule has 96 valence electrons. The quantitative estimate of drug-likeness (QED) is 0.713. The van der Waals surface area contributed by atoms with Crippen LogP contribution in [0.2, 0.25) is 0 Å². The van der Waals surface area contributed by atoms with Gasteiger partial charge in [-0.3, -0.25) is 0 Å². The van der Waals surface area contributed by atoms with Crippen LogP contribution >= 0.6 is 0 Å². The third-order valence-electron chi connectivity index (χ3n) is 2.70. The van der Waals surface area contributed by atoms with Gasteiger partial charge in [-0.15, -0.1) is 0 Å². The van der Waals surface area contributed by atoms with Crippen molar-refractivity contribution in [1.82, 2.24) is 5.32 Å². The average Bonchev–Trinajstić information content (AvgIpc) is 2.28. The van der Waals surface area contributed by atoms with Crippen molar-refractivity contribution >= 4 is 0 Å². The molecule has 0 fully saturated rings. The van der Waals surface area contributed by atoms with Gasteiger partial charge in [0.1, 0.15) is 12.4 Å². The molecular weight excluding hydrogens is 214 g/mol. The van der Waals surface area contributed by atoms with Gasteiger partial charge in [0.25, 0.3) is 0 Å². The Morgan fingerprint density at radius 2 is 2.06 bits per heavy atom. The van der Waals surface area contributed by atoms with E-state index < -0.39 is 0 Å². The summed E-state index contributed by atoms with van der Waals surface area (Å²) >= 11 is 0. The fourth-order valence-electron chi connectivity index (χ4n) is 1.83. The summed E-state index contributed by atoms with van der Waals surface area (Å²) in [5.74, 6) is 1.47. The lowest BCUT2D eigenvalue weighted by atomic mass is 9.98. The van der Waals surface area contributed by atoms with E-state index in [1.807, 2.05) is 6.07 Å². The van der Waals surface area contributed by atoms with Crippen molar-refractivity contribution in [2.45, 2.75) is 26.7 Å². The zero-order chi connectivity index (χ0) is 12.7. The van der Waals surface area contributed by atoms with Gasteiger partial charge in [-0.25, -0.2) is 0 Å². The smallest absolute Gasteiger partial charge is 0.119 e. The van der Waals surface area contributed by atoms with Crippen LogP contribution in [0.3, 0.4) is 0 Å². The van der Waals surface area contributed by atoms with E-state index in [-0.39, 0.29) is 6.61 Å². The molecule has 0 unspecified atom stereocenters. The second kappa shape index (κ2) is 7.30. The first kappa shape index (κ1) is 14.0. The van der Waals surface area contributed by atoms with Gasteiger partial charge in [0, 0.05) is 13.1 Å². The predicted molar refractivity (Wildman–Crippen MR) is 70.7 cm³/mol. The molecule has 2 N–H and O–H groups in total. The first-order chi connectivity index (χ1) is 8.15. The van der Waals surface area contributed by atoms with Gasteiger partial charge in [0.05, 0.1) is 6.61 Å². The predicted octanol–water partition coefficient (Wildman–Crippen LogP) is 2.08. The third-order valence-corrected chi connectivity index (χ3v) is 2.70. The SMILES string of the molecule is Cc1cc(OCCNCCO)ccc1C(C)C. The maximum absolute atomic E-state index is 8.60. The van der Waals surface area contributed by atoms with Crippen LogP contribution in [-0.2, 0) is 0 Å². The summed E-state index contributed by atoms with van der Waals surface area (Å²) in [5.41, 5.74) is 2.65. The third kappa shape index (κ3) is 4.75. The number of rotatable bonds is 7. The molecule has 0 aliphatic carbocycles. The number of nitrogens with one attached hydrogen (secondary N) is 1. The van der Waals surface area contributed by atoms with Crippen LogP contribution in [0.15, 0.2) is 18.2 Å². The molecule has 0 heterocycles. The topological polar surface area (TPSA) is 41.5 Å². The normalized spacial score (nSPS) is 10.9. The van der Waals surface area contributed by atoms with Crippen LogP contribution in [-0.4, -0.2) is 31.4 Å². The minimum atomic E-state index is 0.169. The zero-order valence-corrected chi connectivity index (χ0v) is 11.0. The lowest BCUT2D eigenvalue weighted by Crippen LogP contribution is -2.23. The molecule has 1 aromatic carbocycles. The van der Waals surface area contributed by atoms with E-state index >= 15 is 0 Å². The van der Waals surface area contributed by atoms with Gasteiger partial charge in [-0.2, -0.15) is 0 Å². The van der Waals surface area contributed by atoms with Crippen LogP contribution in [0.1, 0.15) is 30.9 Å². The first-order valence-electron chi connectivity index (χ1n) is 6.20. The van der Waals surface area contributed by atoms with Crippen LogP contribution in [0, 0.1) is 6.92 Å². The maximum atomic E-state index is 8.60. The minimum absolute atomic E-state index is 0.169. The summed E-state index contributed by atoms with van der Waals surface area (Å²) in [5, 5.41) is 11.7. The number of aliphatic hydroxyl groups is 1. The molecule has 0 atom stereocenters. The Labute approximate surface area is 104 Å². The number of ether oxygens (including phenoxy) is 1. The molecule has 3 heteroatoms. The minimum Gasteiger partial charge on any atom is -0.492 e. The molecule has 0 radical (unpaired) electrons. The van der Waals surface area contributed by atoms with E-state index in [1.54, 1.807) is 0 Å². The van der Waals surface area contributed by atoms with Gasteiger partial charge in [0.15, 0.2) is 0 Å². The molecular formula is C14H23NO2. The standard InChI is InChI=1S/C14H23NO2/c1-11(2)14-5-4-13(10-12(14)3)17-9-7-15-6-8-16/h4-5,10-11,15-16H,6-9H2,1-3H3. The highest BCUT2D eigenvalue weighted by atomic mass is 16.5. The Bertz CT molecular complexity index is 337. The second-order valence-corrected chi connectivity index (χ2v) is 4.50. The number of benzene rings is 1. The van der Waals surface area contributed by atoms with Gasteiger partial charge in [-0.05, 0) is 36.1 Å². The number of hydrogen-bond acceptors (Lipinski definition) is 3. The van der Waals surface area contributed by atoms with E-state index in [2.05, 4.69) is 38.2 Å². The Morgan fingerprint density at radius 3 is 2.65 bits per heavy atom. The van der Waals surface area contributed by atoms with Crippen LogP contribution < -0.4 is 10.1 Å². The van der Waals surface area contributed by atoms with E-state index in [0.29, 0.717) is 19.1 Å². The highest BCUT2D eigenvalue weighted by Crippen LogP contribution is 2.23. The summed E-state index contributed by atoms with van der Waals surface area (Å²) in [7, 11) is 0. The highest BCUT2D eigenvalue weighted by molar-refractivity contribution is 5.36. The second-order valence-electron chi connectivity index (χ2n) is 4.50. The van der Waals surface area contributed by atoms with Crippen molar-refractivity contribution < 1.29 is 9.84 Å². The van der Waals surface area contributed by atoms with E-state index in [1.165, 1.54) is 11.1 Å². The number of aliphatic hydroxyl groups excluding tert-OH is 1. The lowest BCUT2D eigenvalue weighted by Gasteiger charge is -2.12. The van der Waals surface area contributed by atoms with Gasteiger partial charge >= 0.3 is 0 Å². The molecule has 0 bridgehead atoms. The van der Waals surface area contributed by atoms with Crippen molar-refractivity contribution in [3.8, 4) is 5.75 Å². The molecule has 0 aromatic heterocycles. The number of hydrogen-bond donors (Lipinski definition) is 2. The van der Waals surface area contributed by atoms with E-state index in [4.69, 9.17) is 9.84 Å². The molecule has 1 aromatic rings. The summed E-state index contributed by atoms with van der Waals surface area (Å²) < 4.78 is 5.62. The molecule has 0 saturated heterocycles. The average molecular weight is 237 g/mol. The van der Waals surface area contributed by atoms with E-state index in [0.717, 1.165) is 12.3 Å². The summed E-state index contributed by atoms with van der Waals surface area (Å²) in [4.78, 5) is 0. The van der Waals surface area contributed by atoms with Crippen molar-refractivity contribution in [3.63, 3.8) is 0 Å². The van der Waals surface area contributed by atoms with Crippen LogP contribution in [0.25, 0.3) is 0 Å². The molecule has 0 saturated carbocycles. The number of aryl methyl sites for hydroxylation is 1. The summed E-state index contributed by atoms with van der Waals surface area (Å²) in [6.07, 6.45) is 0. The monoisotopic (exact) mass is 237 g/mol. The fraction of sp³-hybridized carbons (Fsp3) is 0.571. The maximum Gasteiger partial charge on any atom is 0.119 e. The van der Waals surface area contributed by atoms with Crippen molar-refractivity contribution in [2.24, 2.45) is 0 Å². The Balaban J connectivity index is 2.42. The van der Waals surface area contributed by atoms with Crippen molar-refractivity contribution in [2.75, 3.05) is 26.3 Å². The van der Waals surface area contributed by atoms with Gasteiger partial charge in [0.2, 0.25) is 0 Å². The summed E-state index contributed by atoms with van der Waals surface area (Å²) in [6.45, 7) is 8.68. The Morgan fingerprint density at radius 1 is 1.29 bits per heavy atom. The lowest BCUT2D eigenvalue weighted by molar-refractivity contribution is 0.276. The molecule has 0 amide bonds. The van der Waals surface area contributed by atoms with Gasteiger partial charge in [-0.1, -0.05) is 19.9 Å². The summed E-state index contributed by atoms with van der Waals surface area (Å²) in [6, 6.07) is 6.24.